The van der Waals surface area contributed by atoms with E-state index in [1.807, 2.05) is 20.3 Å². The maximum absolute atomic E-state index is 4.13. The Hall–Kier alpha value is -1.32. The molecule has 2 aliphatic rings. The van der Waals surface area contributed by atoms with Crippen LogP contribution in [0.4, 0.5) is 0 Å². The molecule has 0 spiro atoms. The van der Waals surface area contributed by atoms with Gasteiger partial charge in [-0.05, 0) is 0 Å². The number of aliphatic imine (C=N–C) groups is 2. The summed E-state index contributed by atoms with van der Waals surface area (Å²) in [5.41, 5.74) is 0.959. The van der Waals surface area contributed by atoms with Crippen molar-refractivity contribution in [2.75, 3.05) is 20.8 Å². The molecule has 0 aromatic carbocycles. The molecule has 0 bridgehead atoms. The molecule has 11 heavy (non-hydrogen) atoms. The third-order valence-electron chi connectivity index (χ3n) is 1.75. The molecule has 2 rings (SSSR count). The van der Waals surface area contributed by atoms with Crippen LogP contribution in [0.5, 0.6) is 0 Å². The minimum Gasteiger partial charge on any atom is -0.361 e. The highest BCUT2D eigenvalue weighted by atomic mass is 15.3. The van der Waals surface area contributed by atoms with Gasteiger partial charge in [0.05, 0.1) is 6.67 Å². The monoisotopic (exact) mass is 150 g/mol. The van der Waals surface area contributed by atoms with Crippen LogP contribution in [0.15, 0.2) is 21.9 Å². The standard InChI is InChI=1S/C7H10N4/c1-10-3-6-7(9-4-8-6)11(2)5-10/h3-4H,5H2,1-2H3. The van der Waals surface area contributed by atoms with Gasteiger partial charge in [0.1, 0.15) is 12.0 Å². The first-order valence-corrected chi connectivity index (χ1v) is 3.51. The van der Waals surface area contributed by atoms with E-state index in [0.717, 1.165) is 18.2 Å². The summed E-state index contributed by atoms with van der Waals surface area (Å²) in [5.74, 6) is 0.975. The van der Waals surface area contributed by atoms with E-state index < -0.39 is 0 Å². The number of hydrogen-bond donors (Lipinski definition) is 0. The van der Waals surface area contributed by atoms with Crippen LogP contribution in [0.25, 0.3) is 0 Å². The van der Waals surface area contributed by atoms with Crippen LogP contribution >= 0.6 is 0 Å². The third-order valence-corrected chi connectivity index (χ3v) is 1.75. The largest absolute Gasteiger partial charge is 0.361 e. The lowest BCUT2D eigenvalue weighted by Gasteiger charge is -2.29. The summed E-state index contributed by atoms with van der Waals surface area (Å²) >= 11 is 0. The molecule has 4 nitrogen and oxygen atoms in total. The highest BCUT2D eigenvalue weighted by Crippen LogP contribution is 2.14. The number of nitrogens with zero attached hydrogens (tertiary/aromatic N) is 4. The normalized spacial score (nSPS) is 21.6. The van der Waals surface area contributed by atoms with Gasteiger partial charge in [-0.1, -0.05) is 0 Å². The molecule has 0 radical (unpaired) electrons. The van der Waals surface area contributed by atoms with Crippen molar-refractivity contribution >= 4 is 12.2 Å². The predicted octanol–water partition coefficient (Wildman–Crippen LogP) is 0.103. The number of fused-ring (bicyclic) bond motifs is 1. The van der Waals surface area contributed by atoms with Crippen molar-refractivity contribution in [2.45, 2.75) is 0 Å². The highest BCUT2D eigenvalue weighted by Gasteiger charge is 2.20. The van der Waals surface area contributed by atoms with Crippen molar-refractivity contribution in [3.05, 3.63) is 11.9 Å². The van der Waals surface area contributed by atoms with Crippen LogP contribution in [0.3, 0.4) is 0 Å². The SMILES string of the molecule is CN1C=C2N=CN=C2N(C)C1. The fraction of sp³-hybridized carbons (Fsp3) is 0.429. The average Bonchev–Trinajstić information content (AvgIpc) is 2.34. The molecule has 0 N–H and O–H groups in total. The Morgan fingerprint density at radius 2 is 2.27 bits per heavy atom. The zero-order chi connectivity index (χ0) is 7.84. The van der Waals surface area contributed by atoms with Gasteiger partial charge in [0.25, 0.3) is 0 Å². The van der Waals surface area contributed by atoms with Gasteiger partial charge in [-0.15, -0.1) is 0 Å². The van der Waals surface area contributed by atoms with E-state index in [1.165, 1.54) is 0 Å². The van der Waals surface area contributed by atoms with Crippen molar-refractivity contribution in [2.24, 2.45) is 9.98 Å². The first kappa shape index (κ1) is 6.39. The van der Waals surface area contributed by atoms with Crippen LogP contribution in [-0.2, 0) is 0 Å². The van der Waals surface area contributed by atoms with E-state index in [2.05, 4.69) is 19.8 Å². The number of hydrogen-bond acceptors (Lipinski definition) is 4. The Morgan fingerprint density at radius 3 is 3.09 bits per heavy atom. The van der Waals surface area contributed by atoms with Crippen molar-refractivity contribution in [1.29, 1.82) is 0 Å². The Labute approximate surface area is 65.5 Å². The molecule has 2 heterocycles. The minimum atomic E-state index is 0.881. The molecule has 0 aromatic heterocycles. The number of likely N-dealkylation sites (N-methyl/N-ethyl adjacent to an activating group) is 1. The fourth-order valence-electron chi connectivity index (χ4n) is 1.31. The summed E-state index contributed by atoms with van der Waals surface area (Å²) in [6.45, 7) is 0.881. The highest BCUT2D eigenvalue weighted by molar-refractivity contribution is 6.06. The van der Waals surface area contributed by atoms with Gasteiger partial charge >= 0.3 is 0 Å². The van der Waals surface area contributed by atoms with Crippen LogP contribution in [0.1, 0.15) is 0 Å². The Morgan fingerprint density at radius 1 is 1.45 bits per heavy atom. The Balaban J connectivity index is 2.37. The van der Waals surface area contributed by atoms with Crippen LogP contribution < -0.4 is 0 Å². The van der Waals surface area contributed by atoms with Crippen LogP contribution in [0, 0.1) is 0 Å². The zero-order valence-electron chi connectivity index (χ0n) is 6.65. The summed E-state index contributed by atoms with van der Waals surface area (Å²) in [4.78, 5) is 12.4. The first-order valence-electron chi connectivity index (χ1n) is 3.51. The third kappa shape index (κ3) is 0.906. The van der Waals surface area contributed by atoms with E-state index in [-0.39, 0.29) is 0 Å². The molecule has 2 aliphatic heterocycles. The Kier molecular flexibility index (Phi) is 1.21. The van der Waals surface area contributed by atoms with Crippen molar-refractivity contribution < 1.29 is 0 Å². The van der Waals surface area contributed by atoms with Gasteiger partial charge in [-0.2, -0.15) is 0 Å². The molecule has 0 atom stereocenters. The molecular weight excluding hydrogens is 140 g/mol. The summed E-state index contributed by atoms with van der Waals surface area (Å²) in [7, 11) is 4.03. The molecule has 0 unspecified atom stereocenters. The second-order valence-electron chi connectivity index (χ2n) is 2.81. The minimum absolute atomic E-state index is 0.881. The van der Waals surface area contributed by atoms with Gasteiger partial charge in [0.15, 0.2) is 5.84 Å². The predicted molar refractivity (Wildman–Crippen MR) is 44.4 cm³/mol. The molecule has 0 aliphatic carbocycles. The molecule has 0 fully saturated rings. The summed E-state index contributed by atoms with van der Waals surface area (Å²) < 4.78 is 0. The van der Waals surface area contributed by atoms with Gasteiger partial charge in [0, 0.05) is 20.3 Å². The average molecular weight is 150 g/mol. The molecule has 0 amide bonds. The Bertz CT molecular complexity index is 264. The summed E-state index contributed by atoms with van der Waals surface area (Å²) in [5, 5.41) is 0. The smallest absolute Gasteiger partial charge is 0.159 e. The lowest BCUT2D eigenvalue weighted by molar-refractivity contribution is 0.304. The molecule has 0 aromatic rings. The lowest BCUT2D eigenvalue weighted by atomic mass is 10.3. The van der Waals surface area contributed by atoms with Crippen molar-refractivity contribution in [3.8, 4) is 0 Å². The van der Waals surface area contributed by atoms with E-state index in [0.29, 0.717) is 0 Å². The maximum atomic E-state index is 4.13. The number of rotatable bonds is 0. The molecule has 4 heteroatoms. The topological polar surface area (TPSA) is 31.2 Å². The lowest BCUT2D eigenvalue weighted by Crippen LogP contribution is -2.39. The summed E-state index contributed by atoms with van der Waals surface area (Å²) in [6, 6.07) is 0. The van der Waals surface area contributed by atoms with Crippen LogP contribution in [-0.4, -0.2) is 42.7 Å². The zero-order valence-corrected chi connectivity index (χ0v) is 6.65. The van der Waals surface area contributed by atoms with Gasteiger partial charge in [0.2, 0.25) is 0 Å². The molecule has 0 saturated carbocycles. The number of amidine groups is 1. The van der Waals surface area contributed by atoms with E-state index in [9.17, 15) is 0 Å². The van der Waals surface area contributed by atoms with Crippen LogP contribution in [0.2, 0.25) is 0 Å². The molecular formula is C7H10N4. The van der Waals surface area contributed by atoms with E-state index in [1.54, 1.807) is 6.34 Å². The summed E-state index contributed by atoms with van der Waals surface area (Å²) in [6.07, 6.45) is 3.60. The van der Waals surface area contributed by atoms with Gasteiger partial charge in [-0.25, -0.2) is 9.98 Å². The van der Waals surface area contributed by atoms with Gasteiger partial charge < -0.3 is 9.80 Å². The molecule has 0 saturated heterocycles. The molecule has 58 valence electrons. The van der Waals surface area contributed by atoms with Crippen molar-refractivity contribution in [3.63, 3.8) is 0 Å². The first-order chi connectivity index (χ1) is 5.27. The quantitative estimate of drug-likeness (QED) is 0.490. The second-order valence-corrected chi connectivity index (χ2v) is 2.81. The second kappa shape index (κ2) is 2.08. The van der Waals surface area contributed by atoms with E-state index >= 15 is 0 Å². The van der Waals surface area contributed by atoms with Crippen molar-refractivity contribution in [1.82, 2.24) is 9.80 Å². The van der Waals surface area contributed by atoms with Gasteiger partial charge in [-0.3, -0.25) is 0 Å². The maximum Gasteiger partial charge on any atom is 0.159 e. The van der Waals surface area contributed by atoms with E-state index in [4.69, 9.17) is 0 Å². The fourth-order valence-corrected chi connectivity index (χ4v) is 1.31.